The van der Waals surface area contributed by atoms with Crippen molar-refractivity contribution in [1.82, 2.24) is 10.2 Å². The minimum atomic E-state index is -0.165. The quantitative estimate of drug-likeness (QED) is 0.215. The van der Waals surface area contributed by atoms with Crippen molar-refractivity contribution in [3.8, 4) is 0 Å². The predicted molar refractivity (Wildman–Crippen MR) is 125 cm³/mol. The van der Waals surface area contributed by atoms with Crippen LogP contribution in [0.15, 0.2) is 29.3 Å². The lowest BCUT2D eigenvalue weighted by atomic mass is 9.99. The number of carbonyl (C=O) groups is 2. The number of hydrogen-bond donors (Lipinski definition) is 1. The molecule has 0 bridgehead atoms. The number of ether oxygens (including phenoxy) is 1. The summed E-state index contributed by atoms with van der Waals surface area (Å²) < 4.78 is 4.90. The number of guanidine groups is 1. The van der Waals surface area contributed by atoms with E-state index in [1.165, 1.54) is 12.7 Å². The minimum Gasteiger partial charge on any atom is -0.469 e. The smallest absolute Gasteiger partial charge is 0.310 e. The van der Waals surface area contributed by atoms with E-state index in [1.807, 2.05) is 23.1 Å². The molecule has 0 radical (unpaired) electrons. The molecular weight excluding hydrogens is 483 g/mol. The third-order valence-electron chi connectivity index (χ3n) is 5.67. The molecule has 8 heteroatoms. The summed E-state index contributed by atoms with van der Waals surface area (Å²) in [7, 11) is 3.17. The normalized spacial score (nSPS) is 20.9. The second kappa shape index (κ2) is 10.8. The molecule has 3 rings (SSSR count). The fraction of sp³-hybridized carbons (Fsp3) is 0.571. The zero-order chi connectivity index (χ0) is 20.1. The van der Waals surface area contributed by atoms with Crippen LogP contribution in [0.2, 0.25) is 0 Å². The number of methoxy groups -OCH3 is 1. The van der Waals surface area contributed by atoms with E-state index in [4.69, 9.17) is 4.74 Å². The van der Waals surface area contributed by atoms with Gasteiger partial charge >= 0.3 is 5.97 Å². The van der Waals surface area contributed by atoms with E-state index in [9.17, 15) is 9.59 Å². The Hall–Kier alpha value is -1.84. The first kappa shape index (κ1) is 23.4. The van der Waals surface area contributed by atoms with Gasteiger partial charge in [0.2, 0.25) is 5.91 Å². The number of esters is 1. The first-order chi connectivity index (χ1) is 13.5. The van der Waals surface area contributed by atoms with Gasteiger partial charge in [-0.1, -0.05) is 25.1 Å². The van der Waals surface area contributed by atoms with Crippen LogP contribution in [0.3, 0.4) is 0 Å². The minimum absolute atomic E-state index is 0. The van der Waals surface area contributed by atoms with Crippen LogP contribution in [0, 0.1) is 11.8 Å². The molecule has 0 aliphatic carbocycles. The summed E-state index contributed by atoms with van der Waals surface area (Å²) in [5.74, 6) is 0.879. The Morgan fingerprint density at radius 2 is 2.03 bits per heavy atom. The zero-order valence-corrected chi connectivity index (χ0v) is 19.7. The van der Waals surface area contributed by atoms with Crippen molar-refractivity contribution in [2.75, 3.05) is 45.2 Å². The monoisotopic (exact) mass is 514 g/mol. The molecule has 1 aromatic rings. The van der Waals surface area contributed by atoms with E-state index in [0.717, 1.165) is 37.6 Å². The molecule has 160 valence electrons. The van der Waals surface area contributed by atoms with Crippen LogP contribution in [0.5, 0.6) is 0 Å². The largest absolute Gasteiger partial charge is 0.469 e. The maximum Gasteiger partial charge on any atom is 0.310 e. The van der Waals surface area contributed by atoms with E-state index >= 15 is 0 Å². The molecule has 0 saturated carbocycles. The van der Waals surface area contributed by atoms with Crippen molar-refractivity contribution in [3.63, 3.8) is 0 Å². The highest BCUT2D eigenvalue weighted by atomic mass is 127. The van der Waals surface area contributed by atoms with Gasteiger partial charge in [0.25, 0.3) is 0 Å². The third kappa shape index (κ3) is 5.40. The van der Waals surface area contributed by atoms with Crippen LogP contribution in [-0.2, 0) is 20.7 Å². The molecule has 1 amide bonds. The molecule has 2 aliphatic rings. The summed E-state index contributed by atoms with van der Waals surface area (Å²) in [5, 5.41) is 3.33. The molecule has 0 aromatic heterocycles. The van der Waals surface area contributed by atoms with E-state index in [0.29, 0.717) is 19.5 Å². The highest BCUT2D eigenvalue weighted by molar-refractivity contribution is 14.0. The summed E-state index contributed by atoms with van der Waals surface area (Å²) in [6, 6.07) is 8.11. The Balaban J connectivity index is 0.00000300. The average Bonchev–Trinajstić information content (AvgIpc) is 3.31. The van der Waals surface area contributed by atoms with Crippen LogP contribution in [-0.4, -0.2) is 63.1 Å². The number of halogens is 1. The average molecular weight is 514 g/mol. The fourth-order valence-electron chi connectivity index (χ4n) is 4.10. The van der Waals surface area contributed by atoms with Crippen molar-refractivity contribution in [3.05, 3.63) is 29.8 Å². The molecule has 2 aliphatic heterocycles. The Kier molecular flexibility index (Phi) is 8.73. The summed E-state index contributed by atoms with van der Waals surface area (Å²) in [4.78, 5) is 32.8. The van der Waals surface area contributed by atoms with Crippen LogP contribution >= 0.6 is 24.0 Å². The topological polar surface area (TPSA) is 74.2 Å². The lowest BCUT2D eigenvalue weighted by molar-refractivity contribution is -0.146. The molecule has 1 fully saturated rings. The van der Waals surface area contributed by atoms with Crippen LogP contribution in [0.1, 0.15) is 25.3 Å². The molecule has 0 spiro atoms. The number of aliphatic imine (C=N–C) groups is 1. The summed E-state index contributed by atoms with van der Waals surface area (Å²) in [5.41, 5.74) is 2.30. The Morgan fingerprint density at radius 3 is 2.76 bits per heavy atom. The highest BCUT2D eigenvalue weighted by Gasteiger charge is 2.36. The predicted octanol–water partition coefficient (Wildman–Crippen LogP) is 2.29. The molecule has 1 N–H and O–H groups in total. The number of rotatable bonds is 5. The summed E-state index contributed by atoms with van der Waals surface area (Å²) in [6.07, 6.45) is 2.17. The van der Waals surface area contributed by atoms with Crippen molar-refractivity contribution in [1.29, 1.82) is 0 Å². The Morgan fingerprint density at radius 1 is 1.28 bits per heavy atom. The summed E-state index contributed by atoms with van der Waals surface area (Å²) in [6.45, 7) is 4.87. The number of fused-ring (bicyclic) bond motifs is 1. The van der Waals surface area contributed by atoms with Gasteiger partial charge in [-0.15, -0.1) is 24.0 Å². The lowest BCUT2D eigenvalue weighted by Gasteiger charge is -2.22. The molecule has 2 atom stereocenters. The Labute approximate surface area is 189 Å². The van der Waals surface area contributed by atoms with E-state index in [2.05, 4.69) is 28.2 Å². The molecule has 1 aromatic carbocycles. The molecule has 1 saturated heterocycles. The van der Waals surface area contributed by atoms with Gasteiger partial charge in [0.15, 0.2) is 5.96 Å². The van der Waals surface area contributed by atoms with Crippen molar-refractivity contribution in [2.45, 2.75) is 26.2 Å². The maximum absolute atomic E-state index is 12.6. The van der Waals surface area contributed by atoms with Gasteiger partial charge in [-0.2, -0.15) is 0 Å². The number of nitrogens with zero attached hydrogens (tertiary/aromatic N) is 3. The van der Waals surface area contributed by atoms with Crippen molar-refractivity contribution >= 4 is 47.5 Å². The highest BCUT2D eigenvalue weighted by Crippen LogP contribution is 2.28. The second-order valence-corrected chi connectivity index (χ2v) is 7.51. The van der Waals surface area contributed by atoms with Crippen LogP contribution < -0.4 is 10.2 Å². The molecular formula is C21H31IN4O3. The second-order valence-electron chi connectivity index (χ2n) is 7.51. The lowest BCUT2D eigenvalue weighted by Crippen LogP contribution is -2.41. The molecule has 7 nitrogen and oxygen atoms in total. The van der Waals surface area contributed by atoms with Gasteiger partial charge in [0.1, 0.15) is 0 Å². The third-order valence-corrected chi connectivity index (χ3v) is 5.67. The number of benzene rings is 1. The van der Waals surface area contributed by atoms with E-state index in [1.54, 1.807) is 7.05 Å². The number of amides is 1. The van der Waals surface area contributed by atoms with Gasteiger partial charge in [0, 0.05) is 45.3 Å². The number of hydrogen-bond acceptors (Lipinski definition) is 4. The first-order valence-electron chi connectivity index (χ1n) is 9.96. The van der Waals surface area contributed by atoms with Gasteiger partial charge in [-0.25, -0.2) is 0 Å². The Bertz CT molecular complexity index is 755. The summed E-state index contributed by atoms with van der Waals surface area (Å²) >= 11 is 0. The zero-order valence-electron chi connectivity index (χ0n) is 17.4. The van der Waals surface area contributed by atoms with Crippen LogP contribution in [0.4, 0.5) is 5.69 Å². The van der Waals surface area contributed by atoms with Crippen LogP contribution in [0.25, 0.3) is 0 Å². The van der Waals surface area contributed by atoms with E-state index in [-0.39, 0.29) is 47.7 Å². The molecule has 2 unspecified atom stereocenters. The SMILES string of the molecule is CN=C(NCCCC(=O)N1CCc2ccccc21)N1CC(C)C(C(=O)OC)C1.I. The number of likely N-dealkylation sites (tertiary alicyclic amines) is 1. The van der Waals surface area contributed by atoms with Gasteiger partial charge < -0.3 is 19.9 Å². The number of nitrogens with one attached hydrogen (secondary N) is 1. The number of carbonyl (C=O) groups excluding carboxylic acids is 2. The first-order valence-corrected chi connectivity index (χ1v) is 9.96. The van der Waals surface area contributed by atoms with Crippen molar-refractivity contribution < 1.29 is 14.3 Å². The number of anilines is 1. The van der Waals surface area contributed by atoms with Gasteiger partial charge in [-0.3, -0.25) is 14.6 Å². The molecule has 29 heavy (non-hydrogen) atoms. The maximum atomic E-state index is 12.6. The van der Waals surface area contributed by atoms with Gasteiger partial charge in [-0.05, 0) is 30.4 Å². The van der Waals surface area contributed by atoms with Gasteiger partial charge in [0.05, 0.1) is 13.0 Å². The standard InChI is InChI=1S/C21H30N4O3.HI/c1-15-13-24(14-17(15)20(27)28-3)21(22-2)23-11-6-9-19(26)25-12-10-16-7-4-5-8-18(16)25;/h4-5,7-8,15,17H,6,9-14H2,1-3H3,(H,22,23);1H. The fourth-order valence-corrected chi connectivity index (χ4v) is 4.10. The van der Waals surface area contributed by atoms with Crippen molar-refractivity contribution in [2.24, 2.45) is 16.8 Å². The van der Waals surface area contributed by atoms with E-state index < -0.39 is 0 Å². The number of para-hydroxylation sites is 1. The molecule has 2 heterocycles.